The average molecular weight is 369 g/mol. The smallest absolute Gasteiger partial charge is 0.255 e. The molecule has 1 saturated carbocycles. The van der Waals surface area contributed by atoms with Crippen molar-refractivity contribution in [1.82, 2.24) is 20.3 Å². The topological polar surface area (TPSA) is 76.2 Å². The average Bonchev–Trinajstić information content (AvgIpc) is 3.43. The van der Waals surface area contributed by atoms with Crippen molar-refractivity contribution >= 4 is 11.6 Å². The van der Waals surface area contributed by atoms with Crippen molar-refractivity contribution in [2.75, 3.05) is 4.90 Å². The molecule has 1 aliphatic carbocycles. The Bertz CT molecular complexity index is 840. The first-order valence-electron chi connectivity index (χ1n) is 9.78. The minimum atomic E-state index is -0.134. The molecule has 2 aromatic rings. The molecule has 3 heterocycles. The quantitative estimate of drug-likeness (QED) is 0.875. The highest BCUT2D eigenvalue weighted by molar-refractivity contribution is 6.02. The number of hydrogen-bond donors (Lipinski definition) is 1. The molecule has 0 aromatic carbocycles. The number of nitrogens with zero attached hydrogens (tertiary/aromatic N) is 4. The van der Waals surface area contributed by atoms with Crippen molar-refractivity contribution in [1.29, 1.82) is 0 Å². The largest absolute Gasteiger partial charge is 0.361 e. The van der Waals surface area contributed by atoms with Crippen molar-refractivity contribution in [3.63, 3.8) is 0 Å². The predicted octanol–water partition coefficient (Wildman–Crippen LogP) is 3.28. The van der Waals surface area contributed by atoms with Crippen LogP contribution in [0, 0.1) is 19.8 Å². The van der Waals surface area contributed by atoms with Crippen LogP contribution in [0.5, 0.6) is 0 Å². The Morgan fingerprint density at radius 1 is 1.33 bits per heavy atom. The Morgan fingerprint density at radius 2 is 2.11 bits per heavy atom. The lowest BCUT2D eigenvalue weighted by Crippen LogP contribution is -2.31. The zero-order valence-corrected chi connectivity index (χ0v) is 16.2. The van der Waals surface area contributed by atoms with Crippen LogP contribution in [0.3, 0.4) is 0 Å². The Hall–Kier alpha value is -2.57. The van der Waals surface area contributed by atoms with E-state index < -0.39 is 0 Å². The van der Waals surface area contributed by atoms with E-state index >= 15 is 0 Å². The number of carbonyl (C=O) groups excluding carboxylic acids is 1. The van der Waals surface area contributed by atoms with Gasteiger partial charge in [-0.25, -0.2) is 0 Å². The molecule has 27 heavy (non-hydrogen) atoms. The molecule has 144 valence electrons. The maximum atomic E-state index is 13.1. The lowest BCUT2D eigenvalue weighted by atomic mass is 9.98. The molecule has 1 atom stereocenters. The molecule has 2 fully saturated rings. The summed E-state index contributed by atoms with van der Waals surface area (Å²) < 4.78 is 7.05. The molecule has 1 aliphatic heterocycles. The van der Waals surface area contributed by atoms with Gasteiger partial charge in [-0.2, -0.15) is 5.10 Å². The Labute approximate surface area is 159 Å². The van der Waals surface area contributed by atoms with Crippen molar-refractivity contribution < 1.29 is 9.32 Å². The van der Waals surface area contributed by atoms with Crippen LogP contribution in [0.1, 0.15) is 56.0 Å². The van der Waals surface area contributed by atoms with Gasteiger partial charge in [0.25, 0.3) is 5.91 Å². The SMILES string of the molecule is CC=C1NC(CC2CCCC2)C(=O)N1c1cnn(Cc2c(C)noc2C)c1. The van der Waals surface area contributed by atoms with E-state index in [2.05, 4.69) is 15.6 Å². The summed E-state index contributed by atoms with van der Waals surface area (Å²) in [4.78, 5) is 14.8. The molecule has 7 nitrogen and oxygen atoms in total. The lowest BCUT2D eigenvalue weighted by molar-refractivity contribution is -0.118. The summed E-state index contributed by atoms with van der Waals surface area (Å²) in [6.07, 6.45) is 11.6. The first kappa shape index (κ1) is 17.8. The fraction of sp³-hybridized carbons (Fsp3) is 0.550. The monoisotopic (exact) mass is 369 g/mol. The lowest BCUT2D eigenvalue weighted by Gasteiger charge is -2.15. The third-order valence-corrected chi connectivity index (χ3v) is 5.78. The van der Waals surface area contributed by atoms with E-state index in [4.69, 9.17) is 4.52 Å². The van der Waals surface area contributed by atoms with Gasteiger partial charge in [0.05, 0.1) is 24.1 Å². The van der Waals surface area contributed by atoms with Gasteiger partial charge in [-0.1, -0.05) is 30.8 Å². The van der Waals surface area contributed by atoms with Crippen LogP contribution in [0.15, 0.2) is 28.8 Å². The number of rotatable bonds is 5. The summed E-state index contributed by atoms with van der Waals surface area (Å²) in [5.41, 5.74) is 2.69. The Kier molecular flexibility index (Phi) is 4.76. The van der Waals surface area contributed by atoms with Gasteiger partial charge in [-0.05, 0) is 39.2 Å². The zero-order chi connectivity index (χ0) is 19.0. The number of carbonyl (C=O) groups is 1. The minimum absolute atomic E-state index is 0.117. The van der Waals surface area contributed by atoms with Crippen LogP contribution in [-0.2, 0) is 11.3 Å². The van der Waals surface area contributed by atoms with Gasteiger partial charge in [0.1, 0.15) is 17.6 Å². The number of aryl methyl sites for hydroxylation is 2. The third kappa shape index (κ3) is 3.38. The molecule has 0 radical (unpaired) electrons. The summed E-state index contributed by atoms with van der Waals surface area (Å²) in [7, 11) is 0. The Morgan fingerprint density at radius 3 is 2.78 bits per heavy atom. The molecular formula is C20H27N5O2. The maximum Gasteiger partial charge on any atom is 0.255 e. The fourth-order valence-electron chi connectivity index (χ4n) is 4.24. The van der Waals surface area contributed by atoms with Crippen molar-refractivity contribution in [2.45, 2.75) is 65.5 Å². The molecule has 0 bridgehead atoms. The Balaban J connectivity index is 1.51. The van der Waals surface area contributed by atoms with Gasteiger partial charge < -0.3 is 9.84 Å². The molecular weight excluding hydrogens is 342 g/mol. The third-order valence-electron chi connectivity index (χ3n) is 5.78. The van der Waals surface area contributed by atoms with Gasteiger partial charge in [-0.15, -0.1) is 0 Å². The highest BCUT2D eigenvalue weighted by atomic mass is 16.5. The van der Waals surface area contributed by atoms with Crippen LogP contribution >= 0.6 is 0 Å². The fourth-order valence-corrected chi connectivity index (χ4v) is 4.24. The van der Waals surface area contributed by atoms with Gasteiger partial charge in [0.2, 0.25) is 0 Å². The number of amides is 1. The predicted molar refractivity (Wildman–Crippen MR) is 102 cm³/mol. The molecule has 0 spiro atoms. The molecule has 1 unspecified atom stereocenters. The first-order valence-corrected chi connectivity index (χ1v) is 9.78. The van der Waals surface area contributed by atoms with Gasteiger partial charge in [-0.3, -0.25) is 14.4 Å². The standard InChI is InChI=1S/C20H27N5O2/c1-4-19-22-18(9-15-7-5-6-8-15)20(26)25(19)16-10-21-24(11-16)12-17-13(2)23-27-14(17)3/h4,10-11,15,18,22H,5-9,12H2,1-3H3. The number of anilines is 1. The van der Waals surface area contributed by atoms with Gasteiger partial charge >= 0.3 is 0 Å². The molecule has 2 aliphatic rings. The number of hydrogen-bond acceptors (Lipinski definition) is 5. The summed E-state index contributed by atoms with van der Waals surface area (Å²) in [5, 5.41) is 11.9. The molecule has 1 amide bonds. The van der Waals surface area contributed by atoms with E-state index in [0.29, 0.717) is 12.5 Å². The molecule has 1 N–H and O–H groups in total. The minimum Gasteiger partial charge on any atom is -0.361 e. The van der Waals surface area contributed by atoms with Crippen LogP contribution in [0.2, 0.25) is 0 Å². The van der Waals surface area contributed by atoms with E-state index in [0.717, 1.165) is 34.9 Å². The van der Waals surface area contributed by atoms with E-state index in [1.165, 1.54) is 25.7 Å². The second-order valence-electron chi connectivity index (χ2n) is 7.63. The highest BCUT2D eigenvalue weighted by Crippen LogP contribution is 2.32. The van der Waals surface area contributed by atoms with Gasteiger partial charge in [0.15, 0.2) is 0 Å². The summed E-state index contributed by atoms with van der Waals surface area (Å²) in [5.74, 6) is 2.42. The summed E-state index contributed by atoms with van der Waals surface area (Å²) >= 11 is 0. The zero-order valence-electron chi connectivity index (χ0n) is 16.2. The number of allylic oxidation sites excluding steroid dienone is 1. The highest BCUT2D eigenvalue weighted by Gasteiger charge is 2.38. The van der Waals surface area contributed by atoms with E-state index in [1.807, 2.05) is 37.7 Å². The van der Waals surface area contributed by atoms with Crippen LogP contribution in [0.4, 0.5) is 5.69 Å². The normalized spacial score (nSPS) is 22.2. The number of aromatic nitrogens is 3. The van der Waals surface area contributed by atoms with Crippen LogP contribution < -0.4 is 10.2 Å². The number of nitrogens with one attached hydrogen (secondary N) is 1. The van der Waals surface area contributed by atoms with Crippen LogP contribution in [0.25, 0.3) is 0 Å². The van der Waals surface area contributed by atoms with Gasteiger partial charge in [0, 0.05) is 11.8 Å². The summed E-state index contributed by atoms with van der Waals surface area (Å²) in [6.45, 7) is 6.36. The molecule has 2 aromatic heterocycles. The van der Waals surface area contributed by atoms with E-state index in [9.17, 15) is 4.79 Å². The van der Waals surface area contributed by atoms with E-state index in [1.54, 1.807) is 11.1 Å². The molecule has 7 heteroatoms. The molecule has 1 saturated heterocycles. The first-order chi connectivity index (χ1) is 13.1. The van der Waals surface area contributed by atoms with E-state index in [-0.39, 0.29) is 11.9 Å². The van der Waals surface area contributed by atoms with Crippen molar-refractivity contribution in [3.8, 4) is 0 Å². The van der Waals surface area contributed by atoms with Crippen molar-refractivity contribution in [3.05, 3.63) is 41.3 Å². The summed E-state index contributed by atoms with van der Waals surface area (Å²) in [6, 6.07) is -0.134. The maximum absolute atomic E-state index is 13.1. The van der Waals surface area contributed by atoms with Crippen molar-refractivity contribution in [2.24, 2.45) is 5.92 Å². The second-order valence-corrected chi connectivity index (χ2v) is 7.63. The molecule has 4 rings (SSSR count). The van der Waals surface area contributed by atoms with Crippen LogP contribution in [-0.4, -0.2) is 26.9 Å². The second kappa shape index (κ2) is 7.21.